The van der Waals surface area contributed by atoms with Crippen LogP contribution in [0.2, 0.25) is 0 Å². The number of hydrogen-bond acceptors (Lipinski definition) is 5. The van der Waals surface area contributed by atoms with Gasteiger partial charge in [-0.2, -0.15) is 0 Å². The summed E-state index contributed by atoms with van der Waals surface area (Å²) in [6, 6.07) is 11.8. The summed E-state index contributed by atoms with van der Waals surface area (Å²) in [5, 5.41) is 8.81. The van der Waals surface area contributed by atoms with Gasteiger partial charge in [-0.25, -0.2) is 13.6 Å². The number of carbonyl (C=O) groups is 1. The molecular formula is C20H21N3O4S. The minimum atomic E-state index is -3.89. The Kier molecular flexibility index (Phi) is 5.35. The average molecular weight is 399 g/mol. The summed E-state index contributed by atoms with van der Waals surface area (Å²) in [6.45, 7) is 3.57. The van der Waals surface area contributed by atoms with E-state index in [2.05, 4.69) is 10.3 Å². The molecule has 8 heteroatoms. The smallest absolute Gasteiger partial charge is 0.257 e. The van der Waals surface area contributed by atoms with E-state index in [-0.39, 0.29) is 10.8 Å². The van der Waals surface area contributed by atoms with Gasteiger partial charge in [-0.05, 0) is 49.2 Å². The Bertz CT molecular complexity index is 1170. The van der Waals surface area contributed by atoms with Gasteiger partial charge in [0.2, 0.25) is 10.0 Å². The number of benzene rings is 2. The number of fused-ring (bicyclic) bond motifs is 1. The van der Waals surface area contributed by atoms with Gasteiger partial charge < -0.3 is 10.1 Å². The largest absolute Gasteiger partial charge is 0.497 e. The average Bonchev–Trinajstić information content (AvgIpc) is 2.66. The number of nitrogens with one attached hydrogen (secondary N) is 1. The van der Waals surface area contributed by atoms with Crippen molar-refractivity contribution in [3.05, 3.63) is 59.3 Å². The van der Waals surface area contributed by atoms with Crippen molar-refractivity contribution in [3.8, 4) is 5.75 Å². The van der Waals surface area contributed by atoms with Crippen LogP contribution in [-0.4, -0.2) is 26.4 Å². The third-order valence-corrected chi connectivity index (χ3v) is 5.47. The van der Waals surface area contributed by atoms with Crippen LogP contribution in [0.1, 0.15) is 28.5 Å². The first-order valence-electron chi connectivity index (χ1n) is 8.65. The summed E-state index contributed by atoms with van der Waals surface area (Å²) < 4.78 is 28.8. The molecule has 0 spiro atoms. The Hall–Kier alpha value is -2.97. The van der Waals surface area contributed by atoms with Gasteiger partial charge in [-0.1, -0.05) is 13.0 Å². The molecule has 0 atom stereocenters. The van der Waals surface area contributed by atoms with Crippen molar-refractivity contribution >= 4 is 32.5 Å². The number of rotatable bonds is 5. The maximum absolute atomic E-state index is 12.8. The second kappa shape index (κ2) is 7.57. The number of aromatic nitrogens is 1. The van der Waals surface area contributed by atoms with Crippen LogP contribution in [0, 0.1) is 6.92 Å². The van der Waals surface area contributed by atoms with Gasteiger partial charge in [-0.3, -0.25) is 9.78 Å². The van der Waals surface area contributed by atoms with Crippen LogP contribution in [0.3, 0.4) is 0 Å². The van der Waals surface area contributed by atoms with E-state index < -0.39 is 10.0 Å². The molecule has 1 aromatic heterocycles. The van der Waals surface area contributed by atoms with E-state index in [1.165, 1.54) is 6.07 Å². The molecule has 146 valence electrons. The Morgan fingerprint density at radius 2 is 1.93 bits per heavy atom. The first kappa shape index (κ1) is 19.8. The molecule has 0 fully saturated rings. The Morgan fingerprint density at radius 1 is 1.18 bits per heavy atom. The number of sulfonamides is 1. The molecule has 0 saturated heterocycles. The highest BCUT2D eigenvalue weighted by Crippen LogP contribution is 2.24. The second-order valence-electron chi connectivity index (χ2n) is 6.36. The third kappa shape index (κ3) is 3.97. The Labute approximate surface area is 163 Å². The van der Waals surface area contributed by atoms with Crippen LogP contribution >= 0.6 is 0 Å². The van der Waals surface area contributed by atoms with Crippen molar-refractivity contribution in [2.75, 3.05) is 12.4 Å². The van der Waals surface area contributed by atoms with Crippen LogP contribution in [0.15, 0.2) is 47.4 Å². The van der Waals surface area contributed by atoms with Gasteiger partial charge in [0.25, 0.3) is 5.91 Å². The number of carbonyl (C=O) groups excluding carboxylic acids is 1. The van der Waals surface area contributed by atoms with Gasteiger partial charge in [0.05, 0.1) is 28.8 Å². The molecule has 0 bridgehead atoms. The number of primary sulfonamides is 1. The fourth-order valence-electron chi connectivity index (χ4n) is 2.99. The highest BCUT2D eigenvalue weighted by molar-refractivity contribution is 7.89. The fourth-order valence-corrected chi connectivity index (χ4v) is 3.86. The molecule has 7 nitrogen and oxygen atoms in total. The molecule has 0 unspecified atom stereocenters. The summed E-state index contributed by atoms with van der Waals surface area (Å²) in [7, 11) is -2.31. The topological polar surface area (TPSA) is 111 Å². The van der Waals surface area contributed by atoms with Crippen molar-refractivity contribution < 1.29 is 17.9 Å². The molecule has 3 aromatic rings. The lowest BCUT2D eigenvalue weighted by Gasteiger charge is -2.12. The molecule has 1 heterocycles. The number of ether oxygens (including phenoxy) is 1. The van der Waals surface area contributed by atoms with Gasteiger partial charge in [0.1, 0.15) is 5.75 Å². The number of methoxy groups -OCH3 is 1. The molecule has 2 aromatic carbocycles. The van der Waals surface area contributed by atoms with E-state index in [0.717, 1.165) is 10.9 Å². The maximum atomic E-state index is 12.8. The summed E-state index contributed by atoms with van der Waals surface area (Å²) in [4.78, 5) is 17.2. The summed E-state index contributed by atoms with van der Waals surface area (Å²) >= 11 is 0. The van der Waals surface area contributed by atoms with E-state index in [9.17, 15) is 13.2 Å². The molecule has 3 rings (SSSR count). The molecule has 0 aliphatic heterocycles. The molecule has 0 radical (unpaired) electrons. The van der Waals surface area contributed by atoms with Gasteiger partial charge in [0, 0.05) is 17.1 Å². The zero-order valence-electron chi connectivity index (χ0n) is 15.8. The standard InChI is InChI=1S/C20H21N3O4S/c1-4-13-5-7-15(10-19(13)28(21,25)26)23-20(24)17-9-14-6-8-16(27-3)11-18(14)22-12(17)2/h5-11H,4H2,1-3H3,(H,23,24)(H2,21,25,26). The Morgan fingerprint density at radius 3 is 2.57 bits per heavy atom. The first-order chi connectivity index (χ1) is 13.2. The van der Waals surface area contributed by atoms with Crippen LogP contribution in [-0.2, 0) is 16.4 Å². The molecule has 0 saturated carbocycles. The number of amides is 1. The Balaban J connectivity index is 1.96. The summed E-state index contributed by atoms with van der Waals surface area (Å²) in [5.41, 5.74) is 2.61. The highest BCUT2D eigenvalue weighted by atomic mass is 32.2. The van der Waals surface area contributed by atoms with E-state index in [1.54, 1.807) is 44.4 Å². The molecule has 3 N–H and O–H groups in total. The minimum Gasteiger partial charge on any atom is -0.497 e. The molecule has 1 amide bonds. The van der Waals surface area contributed by atoms with Crippen molar-refractivity contribution in [2.45, 2.75) is 25.2 Å². The van der Waals surface area contributed by atoms with E-state index in [1.807, 2.05) is 13.0 Å². The van der Waals surface area contributed by atoms with E-state index in [4.69, 9.17) is 9.88 Å². The zero-order valence-corrected chi connectivity index (χ0v) is 16.6. The second-order valence-corrected chi connectivity index (χ2v) is 7.89. The van der Waals surface area contributed by atoms with Gasteiger partial charge in [0.15, 0.2) is 0 Å². The lowest BCUT2D eigenvalue weighted by molar-refractivity contribution is 0.102. The minimum absolute atomic E-state index is 0.00764. The number of aryl methyl sites for hydroxylation is 2. The van der Waals surface area contributed by atoms with Crippen molar-refractivity contribution in [3.63, 3.8) is 0 Å². The number of nitrogens with zero attached hydrogens (tertiary/aromatic N) is 1. The highest BCUT2D eigenvalue weighted by Gasteiger charge is 2.17. The van der Waals surface area contributed by atoms with Gasteiger partial charge in [-0.15, -0.1) is 0 Å². The van der Waals surface area contributed by atoms with E-state index in [0.29, 0.717) is 34.7 Å². The zero-order chi connectivity index (χ0) is 20.5. The molecule has 0 aliphatic carbocycles. The van der Waals surface area contributed by atoms with E-state index >= 15 is 0 Å². The fraction of sp³-hybridized carbons (Fsp3) is 0.200. The third-order valence-electron chi connectivity index (χ3n) is 4.47. The lowest BCUT2D eigenvalue weighted by atomic mass is 10.1. The number of nitrogens with two attached hydrogens (primary N) is 1. The van der Waals surface area contributed by atoms with Crippen LogP contribution in [0.25, 0.3) is 10.9 Å². The summed E-state index contributed by atoms with van der Waals surface area (Å²) in [6.07, 6.45) is 0.511. The van der Waals surface area contributed by atoms with Crippen molar-refractivity contribution in [2.24, 2.45) is 5.14 Å². The lowest BCUT2D eigenvalue weighted by Crippen LogP contribution is -2.17. The van der Waals surface area contributed by atoms with Crippen LogP contribution in [0.4, 0.5) is 5.69 Å². The van der Waals surface area contributed by atoms with Crippen LogP contribution < -0.4 is 15.2 Å². The normalized spacial score (nSPS) is 11.4. The van der Waals surface area contributed by atoms with Crippen molar-refractivity contribution in [1.82, 2.24) is 4.98 Å². The predicted octanol–water partition coefficient (Wildman–Crippen LogP) is 3.01. The molecule has 28 heavy (non-hydrogen) atoms. The quantitative estimate of drug-likeness (QED) is 0.685. The number of hydrogen-bond donors (Lipinski definition) is 2. The maximum Gasteiger partial charge on any atom is 0.257 e. The van der Waals surface area contributed by atoms with Crippen molar-refractivity contribution in [1.29, 1.82) is 0 Å². The first-order valence-corrected chi connectivity index (χ1v) is 10.2. The molecular weight excluding hydrogens is 378 g/mol. The number of pyridine rings is 1. The monoisotopic (exact) mass is 399 g/mol. The predicted molar refractivity (Wildman–Crippen MR) is 108 cm³/mol. The number of anilines is 1. The van der Waals surface area contributed by atoms with Crippen LogP contribution in [0.5, 0.6) is 5.75 Å². The molecule has 0 aliphatic rings. The summed E-state index contributed by atoms with van der Waals surface area (Å²) in [5.74, 6) is 0.301. The SMILES string of the molecule is CCc1ccc(NC(=O)c2cc3ccc(OC)cc3nc2C)cc1S(N)(=O)=O. The van der Waals surface area contributed by atoms with Gasteiger partial charge >= 0.3 is 0 Å².